The minimum absolute atomic E-state index is 0.120. The number of fused-ring (bicyclic) bond motifs is 1. The summed E-state index contributed by atoms with van der Waals surface area (Å²) in [6.07, 6.45) is 0. The Morgan fingerprint density at radius 2 is 1.74 bits per heavy atom. The molecule has 4 nitrogen and oxygen atoms in total. The second-order valence-corrected chi connectivity index (χ2v) is 4.28. The van der Waals surface area contributed by atoms with Crippen LogP contribution < -0.4 is 4.74 Å². The van der Waals surface area contributed by atoms with Crippen LogP contribution >= 0.6 is 11.6 Å². The van der Waals surface area contributed by atoms with Crippen molar-refractivity contribution in [2.45, 2.75) is 0 Å². The van der Waals surface area contributed by atoms with Gasteiger partial charge in [-0.3, -0.25) is 0 Å². The molecule has 0 spiro atoms. The Kier molecular flexibility index (Phi) is 3.01. The summed E-state index contributed by atoms with van der Waals surface area (Å²) in [6, 6.07) is 14.2. The average molecular weight is 272 g/mol. The Bertz CT molecular complexity index is 740. The molecule has 0 unspecified atom stereocenters. The lowest BCUT2D eigenvalue weighted by molar-refractivity contribution is 0.379. The van der Waals surface area contributed by atoms with E-state index in [1.165, 1.54) is 7.11 Å². The van der Waals surface area contributed by atoms with Crippen molar-refractivity contribution in [2.24, 2.45) is 0 Å². The maximum Gasteiger partial charge on any atom is 0.321 e. The third-order valence-corrected chi connectivity index (χ3v) is 2.97. The highest BCUT2D eigenvalue weighted by Crippen LogP contribution is 2.27. The van der Waals surface area contributed by atoms with Gasteiger partial charge >= 0.3 is 6.01 Å². The van der Waals surface area contributed by atoms with Crippen molar-refractivity contribution in [1.29, 1.82) is 0 Å². The SMILES string of the molecule is COc1nc(Cl)nc(-c2cccc3ccccc23)n1. The monoisotopic (exact) mass is 271 g/mol. The molecule has 0 aliphatic carbocycles. The molecule has 5 heteroatoms. The maximum atomic E-state index is 5.89. The van der Waals surface area contributed by atoms with Crippen LogP contribution in [0.15, 0.2) is 42.5 Å². The summed E-state index contributed by atoms with van der Waals surface area (Å²) in [6.45, 7) is 0. The zero-order valence-corrected chi connectivity index (χ0v) is 10.9. The molecule has 1 aromatic heterocycles. The lowest BCUT2D eigenvalue weighted by atomic mass is 10.0. The molecule has 94 valence electrons. The van der Waals surface area contributed by atoms with Gasteiger partial charge < -0.3 is 4.74 Å². The molecule has 0 fully saturated rings. The molecule has 0 saturated heterocycles. The summed E-state index contributed by atoms with van der Waals surface area (Å²) in [5, 5.41) is 2.31. The molecule has 0 aliphatic rings. The predicted molar refractivity (Wildman–Crippen MR) is 74.3 cm³/mol. The Morgan fingerprint density at radius 3 is 2.58 bits per heavy atom. The Hall–Kier alpha value is -2.20. The highest BCUT2D eigenvalue weighted by atomic mass is 35.5. The van der Waals surface area contributed by atoms with Gasteiger partial charge in [0, 0.05) is 5.56 Å². The molecule has 0 radical (unpaired) electrons. The lowest BCUT2D eigenvalue weighted by Crippen LogP contribution is -1.98. The number of ether oxygens (including phenoxy) is 1. The number of aromatic nitrogens is 3. The van der Waals surface area contributed by atoms with E-state index in [4.69, 9.17) is 16.3 Å². The van der Waals surface area contributed by atoms with E-state index in [2.05, 4.69) is 15.0 Å². The van der Waals surface area contributed by atoms with Crippen LogP contribution in [0.2, 0.25) is 5.28 Å². The summed E-state index contributed by atoms with van der Waals surface area (Å²) >= 11 is 5.89. The topological polar surface area (TPSA) is 47.9 Å². The van der Waals surface area contributed by atoms with Gasteiger partial charge in [-0.1, -0.05) is 42.5 Å². The number of rotatable bonds is 2. The van der Waals surface area contributed by atoms with Crippen molar-refractivity contribution in [2.75, 3.05) is 7.11 Å². The third kappa shape index (κ3) is 2.22. The van der Waals surface area contributed by atoms with E-state index < -0.39 is 0 Å². The minimum Gasteiger partial charge on any atom is -0.467 e. The van der Waals surface area contributed by atoms with Gasteiger partial charge in [0.1, 0.15) is 0 Å². The highest BCUT2D eigenvalue weighted by molar-refractivity contribution is 6.28. The summed E-state index contributed by atoms with van der Waals surface area (Å²) in [5.74, 6) is 0.508. The molecule has 0 bridgehead atoms. The number of benzene rings is 2. The van der Waals surface area contributed by atoms with Gasteiger partial charge in [0.25, 0.3) is 0 Å². The van der Waals surface area contributed by atoms with E-state index in [9.17, 15) is 0 Å². The first kappa shape index (κ1) is 11.9. The summed E-state index contributed by atoms with van der Waals surface area (Å²) < 4.78 is 5.02. The van der Waals surface area contributed by atoms with Crippen LogP contribution in [0.1, 0.15) is 0 Å². The number of hydrogen-bond donors (Lipinski definition) is 0. The van der Waals surface area contributed by atoms with E-state index in [1.807, 2.05) is 42.5 Å². The normalized spacial score (nSPS) is 10.6. The number of hydrogen-bond acceptors (Lipinski definition) is 4. The molecule has 1 heterocycles. The Balaban J connectivity index is 2.27. The van der Waals surface area contributed by atoms with Crippen LogP contribution in [0, 0.1) is 0 Å². The average Bonchev–Trinajstić information content (AvgIpc) is 2.46. The van der Waals surface area contributed by atoms with E-state index in [0.717, 1.165) is 16.3 Å². The van der Waals surface area contributed by atoms with Gasteiger partial charge in [-0.05, 0) is 22.4 Å². The fraction of sp³-hybridized carbons (Fsp3) is 0.0714. The van der Waals surface area contributed by atoms with Crippen molar-refractivity contribution in [3.05, 3.63) is 47.7 Å². The number of methoxy groups -OCH3 is 1. The molecular weight excluding hydrogens is 262 g/mol. The predicted octanol–water partition coefficient (Wildman–Crippen LogP) is 3.35. The Morgan fingerprint density at radius 1 is 0.947 bits per heavy atom. The molecule has 2 aromatic carbocycles. The standard InChI is InChI=1S/C14H10ClN3O/c1-19-14-17-12(16-13(15)18-14)11-8-4-6-9-5-2-3-7-10(9)11/h2-8H,1H3. The fourth-order valence-corrected chi connectivity index (χ4v) is 2.12. The molecule has 3 aromatic rings. The van der Waals surface area contributed by atoms with Gasteiger partial charge in [0.15, 0.2) is 5.82 Å². The molecule has 0 N–H and O–H groups in total. The van der Waals surface area contributed by atoms with Crippen LogP contribution in [-0.2, 0) is 0 Å². The summed E-state index contributed by atoms with van der Waals surface area (Å²) in [4.78, 5) is 12.3. The van der Waals surface area contributed by atoms with Gasteiger partial charge in [-0.15, -0.1) is 0 Å². The smallest absolute Gasteiger partial charge is 0.321 e. The zero-order chi connectivity index (χ0) is 13.2. The van der Waals surface area contributed by atoms with Crippen LogP contribution in [0.4, 0.5) is 0 Å². The lowest BCUT2D eigenvalue weighted by Gasteiger charge is -2.06. The summed E-state index contributed by atoms with van der Waals surface area (Å²) in [7, 11) is 1.50. The van der Waals surface area contributed by atoms with Crippen molar-refractivity contribution in [3.8, 4) is 17.4 Å². The van der Waals surface area contributed by atoms with Gasteiger partial charge in [0.05, 0.1) is 7.11 Å². The first-order valence-corrected chi connectivity index (χ1v) is 6.09. The minimum atomic E-state index is 0.120. The first-order chi connectivity index (χ1) is 9.28. The number of nitrogens with zero attached hydrogens (tertiary/aromatic N) is 3. The van der Waals surface area contributed by atoms with Crippen LogP contribution in [-0.4, -0.2) is 22.1 Å². The quantitative estimate of drug-likeness (QED) is 0.717. The molecule has 0 aliphatic heterocycles. The molecular formula is C14H10ClN3O. The zero-order valence-electron chi connectivity index (χ0n) is 10.2. The third-order valence-electron chi connectivity index (χ3n) is 2.80. The second kappa shape index (κ2) is 4.82. The van der Waals surface area contributed by atoms with Crippen LogP contribution in [0.25, 0.3) is 22.2 Å². The van der Waals surface area contributed by atoms with Gasteiger partial charge in [0.2, 0.25) is 5.28 Å². The molecule has 3 rings (SSSR count). The second-order valence-electron chi connectivity index (χ2n) is 3.94. The van der Waals surface area contributed by atoms with E-state index >= 15 is 0 Å². The summed E-state index contributed by atoms with van der Waals surface area (Å²) in [5.41, 5.74) is 0.903. The Labute approximate surface area is 115 Å². The molecule has 0 atom stereocenters. The first-order valence-electron chi connectivity index (χ1n) is 5.71. The van der Waals surface area contributed by atoms with Crippen molar-refractivity contribution in [1.82, 2.24) is 15.0 Å². The van der Waals surface area contributed by atoms with E-state index in [1.54, 1.807) is 0 Å². The molecule has 0 amide bonds. The largest absolute Gasteiger partial charge is 0.467 e. The van der Waals surface area contributed by atoms with Crippen molar-refractivity contribution >= 4 is 22.4 Å². The van der Waals surface area contributed by atoms with Crippen molar-refractivity contribution in [3.63, 3.8) is 0 Å². The molecule has 19 heavy (non-hydrogen) atoms. The molecule has 0 saturated carbocycles. The number of halogens is 1. The maximum absolute atomic E-state index is 5.89. The van der Waals surface area contributed by atoms with E-state index in [0.29, 0.717) is 5.82 Å². The van der Waals surface area contributed by atoms with Gasteiger partial charge in [-0.2, -0.15) is 15.0 Å². The fourth-order valence-electron chi connectivity index (χ4n) is 1.96. The van der Waals surface area contributed by atoms with Crippen LogP contribution in [0.5, 0.6) is 6.01 Å². The van der Waals surface area contributed by atoms with E-state index in [-0.39, 0.29) is 11.3 Å². The van der Waals surface area contributed by atoms with Crippen LogP contribution in [0.3, 0.4) is 0 Å². The van der Waals surface area contributed by atoms with Crippen molar-refractivity contribution < 1.29 is 4.74 Å². The highest BCUT2D eigenvalue weighted by Gasteiger charge is 2.10. The van der Waals surface area contributed by atoms with Gasteiger partial charge in [-0.25, -0.2) is 0 Å².